The lowest BCUT2D eigenvalue weighted by molar-refractivity contribution is -0.121. The average molecular weight is 457 g/mol. The Morgan fingerprint density at radius 3 is 2.00 bits per heavy atom. The lowest BCUT2D eigenvalue weighted by Crippen LogP contribution is -2.31. The van der Waals surface area contributed by atoms with Gasteiger partial charge in [0.1, 0.15) is 5.75 Å². The molecule has 0 saturated heterocycles. The number of hydrogen-bond acceptors (Lipinski definition) is 4. The van der Waals surface area contributed by atoms with Gasteiger partial charge in [-0.3, -0.25) is 19.3 Å². The summed E-state index contributed by atoms with van der Waals surface area (Å²) in [7, 11) is 1.62. The summed E-state index contributed by atoms with van der Waals surface area (Å²) in [6.07, 6.45) is 2.47. The Morgan fingerprint density at radius 1 is 0.794 bits per heavy atom. The highest BCUT2D eigenvalue weighted by atomic mass is 16.5. The Bertz CT molecular complexity index is 1120. The zero-order valence-electron chi connectivity index (χ0n) is 19.2. The van der Waals surface area contributed by atoms with E-state index in [4.69, 9.17) is 4.74 Å². The molecule has 6 nitrogen and oxygen atoms in total. The van der Waals surface area contributed by atoms with Crippen molar-refractivity contribution in [3.05, 3.63) is 101 Å². The number of carbonyl (C=O) groups excluding carboxylic acids is 3. The summed E-state index contributed by atoms with van der Waals surface area (Å²) in [5.74, 6) is 0.262. The molecule has 6 heteroatoms. The van der Waals surface area contributed by atoms with Crippen LogP contribution in [0.1, 0.15) is 63.6 Å². The molecule has 3 aromatic rings. The van der Waals surface area contributed by atoms with Crippen molar-refractivity contribution in [2.45, 2.75) is 31.7 Å². The molecule has 1 unspecified atom stereocenters. The lowest BCUT2D eigenvalue weighted by Gasteiger charge is -2.20. The molecule has 34 heavy (non-hydrogen) atoms. The summed E-state index contributed by atoms with van der Waals surface area (Å²) in [5, 5.41) is 3.15. The van der Waals surface area contributed by atoms with Crippen molar-refractivity contribution in [3.63, 3.8) is 0 Å². The quantitative estimate of drug-likeness (QED) is 0.353. The van der Waals surface area contributed by atoms with Crippen LogP contribution in [-0.4, -0.2) is 36.3 Å². The van der Waals surface area contributed by atoms with Crippen molar-refractivity contribution in [3.8, 4) is 5.75 Å². The van der Waals surface area contributed by atoms with Gasteiger partial charge in [-0.2, -0.15) is 0 Å². The molecule has 0 spiro atoms. The maximum atomic E-state index is 12.7. The van der Waals surface area contributed by atoms with Gasteiger partial charge in [0, 0.05) is 13.0 Å². The number of carbonyl (C=O) groups is 3. The topological polar surface area (TPSA) is 75.7 Å². The second-order valence-electron chi connectivity index (χ2n) is 8.30. The van der Waals surface area contributed by atoms with Crippen LogP contribution in [-0.2, 0) is 4.79 Å². The molecular weight excluding hydrogens is 428 g/mol. The maximum absolute atomic E-state index is 12.7. The molecule has 0 radical (unpaired) electrons. The third-order valence-electron chi connectivity index (χ3n) is 6.05. The van der Waals surface area contributed by atoms with Crippen LogP contribution in [0, 0.1) is 0 Å². The number of nitrogens with one attached hydrogen (secondary N) is 1. The minimum atomic E-state index is -0.252. The van der Waals surface area contributed by atoms with E-state index in [2.05, 4.69) is 5.32 Å². The number of imide groups is 1. The first-order valence-electron chi connectivity index (χ1n) is 11.5. The van der Waals surface area contributed by atoms with Crippen molar-refractivity contribution < 1.29 is 19.1 Å². The summed E-state index contributed by atoms with van der Waals surface area (Å²) in [5.41, 5.74) is 2.92. The molecular formula is C28H28N2O4. The zero-order valence-corrected chi connectivity index (χ0v) is 19.2. The standard InChI is InChI=1S/C28H28N2O4/c1-34-22-17-15-21(16-18-22)26(20-10-4-2-5-11-20)29-25(31)14-6-3-9-19-30-27(32)23-12-7-8-13-24(23)28(30)33/h2,4-5,7-8,10-13,15-18,26H,3,6,9,14,19H2,1H3,(H,29,31). The minimum Gasteiger partial charge on any atom is -0.497 e. The molecule has 1 atom stereocenters. The fraction of sp³-hybridized carbons (Fsp3) is 0.250. The first-order chi connectivity index (χ1) is 16.6. The summed E-state index contributed by atoms with van der Waals surface area (Å²) in [6, 6.07) is 24.2. The van der Waals surface area contributed by atoms with E-state index in [0.717, 1.165) is 23.3 Å². The summed E-state index contributed by atoms with van der Waals surface area (Å²) >= 11 is 0. The van der Waals surface area contributed by atoms with Crippen LogP contribution < -0.4 is 10.1 Å². The number of unbranched alkanes of at least 4 members (excludes halogenated alkanes) is 2. The van der Waals surface area contributed by atoms with Crippen LogP contribution in [0.5, 0.6) is 5.75 Å². The van der Waals surface area contributed by atoms with Crippen LogP contribution in [0.15, 0.2) is 78.9 Å². The molecule has 1 N–H and O–H groups in total. The number of benzene rings is 3. The van der Waals surface area contributed by atoms with Crippen LogP contribution in [0.25, 0.3) is 0 Å². The van der Waals surface area contributed by atoms with Gasteiger partial charge in [-0.1, -0.05) is 61.0 Å². The molecule has 3 amide bonds. The van der Waals surface area contributed by atoms with Crippen LogP contribution in [0.3, 0.4) is 0 Å². The van der Waals surface area contributed by atoms with E-state index in [1.807, 2.05) is 54.6 Å². The van der Waals surface area contributed by atoms with Gasteiger partial charge in [-0.15, -0.1) is 0 Å². The van der Waals surface area contributed by atoms with Gasteiger partial charge < -0.3 is 10.1 Å². The zero-order chi connectivity index (χ0) is 23.9. The van der Waals surface area contributed by atoms with Crippen molar-refractivity contribution in [2.75, 3.05) is 13.7 Å². The number of methoxy groups -OCH3 is 1. The number of hydrogen-bond donors (Lipinski definition) is 1. The monoisotopic (exact) mass is 456 g/mol. The third-order valence-corrected chi connectivity index (χ3v) is 6.05. The number of fused-ring (bicyclic) bond motifs is 1. The van der Waals surface area contributed by atoms with Gasteiger partial charge >= 0.3 is 0 Å². The van der Waals surface area contributed by atoms with E-state index in [1.165, 1.54) is 4.90 Å². The van der Waals surface area contributed by atoms with Crippen molar-refractivity contribution in [1.29, 1.82) is 0 Å². The van der Waals surface area contributed by atoms with Crippen molar-refractivity contribution >= 4 is 17.7 Å². The second kappa shape index (κ2) is 10.8. The van der Waals surface area contributed by atoms with Crippen LogP contribution >= 0.6 is 0 Å². The number of ether oxygens (including phenoxy) is 1. The molecule has 1 aliphatic heterocycles. The van der Waals surface area contributed by atoms with Gasteiger partial charge in [-0.05, 0) is 48.2 Å². The summed E-state index contributed by atoms with van der Waals surface area (Å²) in [4.78, 5) is 38.9. The molecule has 4 rings (SSSR count). The third kappa shape index (κ3) is 5.17. The average Bonchev–Trinajstić information content (AvgIpc) is 3.12. The molecule has 0 saturated carbocycles. The molecule has 174 valence electrons. The van der Waals surface area contributed by atoms with Crippen molar-refractivity contribution in [2.24, 2.45) is 0 Å². The maximum Gasteiger partial charge on any atom is 0.261 e. The highest BCUT2D eigenvalue weighted by molar-refractivity contribution is 6.21. The van der Waals surface area contributed by atoms with E-state index in [0.29, 0.717) is 36.9 Å². The van der Waals surface area contributed by atoms with Crippen LogP contribution in [0.2, 0.25) is 0 Å². The molecule has 0 aromatic heterocycles. The Labute approximate surface area is 199 Å². The Morgan fingerprint density at radius 2 is 1.38 bits per heavy atom. The Hall–Kier alpha value is -3.93. The highest BCUT2D eigenvalue weighted by Gasteiger charge is 2.34. The van der Waals surface area contributed by atoms with Gasteiger partial charge in [0.2, 0.25) is 5.91 Å². The predicted octanol–water partition coefficient (Wildman–Crippen LogP) is 4.76. The van der Waals surface area contributed by atoms with Crippen molar-refractivity contribution in [1.82, 2.24) is 10.2 Å². The summed E-state index contributed by atoms with van der Waals surface area (Å²) in [6.45, 7) is 0.368. The molecule has 1 aliphatic rings. The molecule has 0 aliphatic carbocycles. The number of amides is 3. The van der Waals surface area contributed by atoms with Gasteiger partial charge in [-0.25, -0.2) is 0 Å². The fourth-order valence-electron chi connectivity index (χ4n) is 4.21. The van der Waals surface area contributed by atoms with E-state index >= 15 is 0 Å². The van der Waals surface area contributed by atoms with Crippen LogP contribution in [0.4, 0.5) is 0 Å². The SMILES string of the molecule is COc1ccc(C(NC(=O)CCCCCN2C(=O)c3ccccc3C2=O)c2ccccc2)cc1. The van der Waals surface area contributed by atoms with E-state index in [-0.39, 0.29) is 23.8 Å². The van der Waals surface area contributed by atoms with Gasteiger partial charge in [0.05, 0.1) is 24.3 Å². The molecule has 0 bridgehead atoms. The van der Waals surface area contributed by atoms with E-state index in [9.17, 15) is 14.4 Å². The fourth-order valence-corrected chi connectivity index (χ4v) is 4.21. The Balaban J connectivity index is 1.28. The molecule has 1 heterocycles. The number of rotatable bonds is 10. The van der Waals surface area contributed by atoms with Gasteiger partial charge in [0.25, 0.3) is 11.8 Å². The molecule has 0 fully saturated rings. The molecule has 3 aromatic carbocycles. The summed E-state index contributed by atoms with van der Waals surface area (Å²) < 4.78 is 5.25. The van der Waals surface area contributed by atoms with E-state index in [1.54, 1.807) is 31.4 Å². The van der Waals surface area contributed by atoms with Gasteiger partial charge in [0.15, 0.2) is 0 Å². The second-order valence-corrected chi connectivity index (χ2v) is 8.30. The first-order valence-corrected chi connectivity index (χ1v) is 11.5. The Kier molecular flexibility index (Phi) is 7.38. The highest BCUT2D eigenvalue weighted by Crippen LogP contribution is 2.25. The lowest BCUT2D eigenvalue weighted by atomic mass is 9.98. The smallest absolute Gasteiger partial charge is 0.261 e. The largest absolute Gasteiger partial charge is 0.497 e. The normalized spacial score (nSPS) is 13.5. The first kappa shape index (κ1) is 23.2. The number of nitrogens with zero attached hydrogens (tertiary/aromatic N) is 1. The van der Waals surface area contributed by atoms with E-state index < -0.39 is 0 Å². The predicted molar refractivity (Wildman–Crippen MR) is 130 cm³/mol. The minimum absolute atomic E-state index is 0.0367.